The summed E-state index contributed by atoms with van der Waals surface area (Å²) in [5.41, 5.74) is 7.49. The van der Waals surface area contributed by atoms with Gasteiger partial charge in [-0.15, -0.1) is 0 Å². The van der Waals surface area contributed by atoms with Gasteiger partial charge in [-0.1, -0.05) is 18.2 Å². The molecule has 3 heterocycles. The van der Waals surface area contributed by atoms with Crippen LogP contribution in [0.3, 0.4) is 0 Å². The fourth-order valence-electron chi connectivity index (χ4n) is 4.28. The molecule has 0 fully saturated rings. The van der Waals surface area contributed by atoms with Gasteiger partial charge in [0.05, 0.1) is 16.6 Å². The summed E-state index contributed by atoms with van der Waals surface area (Å²) in [6.45, 7) is 3.60. The Morgan fingerprint density at radius 2 is 1.76 bits per heavy atom. The molecule has 41 heavy (non-hydrogen) atoms. The van der Waals surface area contributed by atoms with E-state index in [2.05, 4.69) is 20.0 Å². The Hall–Kier alpha value is -5.08. The molecule has 5 aromatic rings. The molecule has 0 aliphatic rings. The van der Waals surface area contributed by atoms with E-state index in [1.54, 1.807) is 31.3 Å². The van der Waals surface area contributed by atoms with Crippen LogP contribution in [0.5, 0.6) is 5.75 Å². The van der Waals surface area contributed by atoms with Crippen LogP contribution in [0.4, 0.5) is 11.6 Å². The topological polar surface area (TPSA) is 176 Å². The van der Waals surface area contributed by atoms with E-state index in [0.717, 1.165) is 5.56 Å². The number of nitrogen functional groups attached to an aromatic ring is 1. The van der Waals surface area contributed by atoms with E-state index in [1.807, 2.05) is 25.1 Å². The summed E-state index contributed by atoms with van der Waals surface area (Å²) < 4.78 is 34.7. The number of benzene rings is 2. The molecule has 0 saturated heterocycles. The number of fused-ring (bicyclic) bond motifs is 1. The monoisotopic (exact) mass is 574 g/mol. The molecular formula is C27H26N8O5S. The molecular weight excluding hydrogens is 548 g/mol. The molecule has 0 aliphatic carbocycles. The summed E-state index contributed by atoms with van der Waals surface area (Å²) in [7, 11) is -2.37. The van der Waals surface area contributed by atoms with Crippen LogP contribution in [0.1, 0.15) is 34.7 Å². The Labute approximate surface area is 234 Å². The van der Waals surface area contributed by atoms with Gasteiger partial charge in [-0.2, -0.15) is 5.10 Å². The lowest BCUT2D eigenvalue weighted by Crippen LogP contribution is -2.30. The number of ether oxygens (including phenoxy) is 1. The first-order chi connectivity index (χ1) is 19.6. The lowest BCUT2D eigenvalue weighted by atomic mass is 10.2. The minimum atomic E-state index is -3.66. The van der Waals surface area contributed by atoms with Gasteiger partial charge in [-0.3, -0.25) is 9.36 Å². The van der Waals surface area contributed by atoms with Gasteiger partial charge >= 0.3 is 5.97 Å². The minimum Gasteiger partial charge on any atom is -0.423 e. The number of hydrogen-bond donors (Lipinski definition) is 3. The zero-order valence-corrected chi connectivity index (χ0v) is 23.1. The molecule has 13 nitrogen and oxygen atoms in total. The summed E-state index contributed by atoms with van der Waals surface area (Å²) in [4.78, 5) is 35.0. The van der Waals surface area contributed by atoms with E-state index in [9.17, 15) is 18.0 Å². The van der Waals surface area contributed by atoms with Crippen molar-refractivity contribution >= 4 is 33.1 Å². The highest BCUT2D eigenvalue weighted by atomic mass is 32.2. The Balaban J connectivity index is 1.50. The van der Waals surface area contributed by atoms with Gasteiger partial charge < -0.3 is 15.8 Å². The number of sulfonamides is 1. The number of nitrogens with two attached hydrogens (primary N) is 1. The fraction of sp³-hybridized carbons (Fsp3) is 0.148. The Morgan fingerprint density at radius 3 is 2.44 bits per heavy atom. The van der Waals surface area contributed by atoms with Crippen LogP contribution in [0.2, 0.25) is 0 Å². The molecule has 1 atom stereocenters. The Bertz CT molecular complexity index is 1920. The largest absolute Gasteiger partial charge is 0.423 e. The van der Waals surface area contributed by atoms with Crippen LogP contribution in [0.25, 0.3) is 11.2 Å². The van der Waals surface area contributed by atoms with Crippen molar-refractivity contribution in [1.29, 1.82) is 0 Å². The highest BCUT2D eigenvalue weighted by Crippen LogP contribution is 2.26. The van der Waals surface area contributed by atoms with Gasteiger partial charge in [0.1, 0.15) is 34.8 Å². The molecule has 3 aromatic heterocycles. The summed E-state index contributed by atoms with van der Waals surface area (Å²) in [6.07, 6.45) is 2.89. The molecule has 0 saturated carbocycles. The van der Waals surface area contributed by atoms with E-state index >= 15 is 0 Å². The maximum atomic E-state index is 13.6. The number of esters is 1. The van der Waals surface area contributed by atoms with Crippen molar-refractivity contribution in [2.75, 3.05) is 18.1 Å². The second-order valence-electron chi connectivity index (χ2n) is 9.04. The number of nitrogens with one attached hydrogen (secondary N) is 2. The molecule has 5 rings (SSSR count). The molecule has 0 radical (unpaired) electrons. The number of carbonyl (C=O) groups is 1. The smallest absolute Gasteiger partial charge is 0.351 e. The number of aryl methyl sites for hydroxylation is 1. The lowest BCUT2D eigenvalue weighted by molar-refractivity contribution is 0.0736. The fourth-order valence-corrected chi connectivity index (χ4v) is 5.01. The Morgan fingerprint density at radius 1 is 1.05 bits per heavy atom. The van der Waals surface area contributed by atoms with Crippen LogP contribution < -0.4 is 26.1 Å². The van der Waals surface area contributed by atoms with Crippen molar-refractivity contribution < 1.29 is 17.9 Å². The second kappa shape index (κ2) is 10.8. The molecule has 0 bridgehead atoms. The third kappa shape index (κ3) is 5.25. The highest BCUT2D eigenvalue weighted by Gasteiger charge is 2.25. The molecule has 210 valence electrons. The lowest BCUT2D eigenvalue weighted by Gasteiger charge is -2.21. The van der Waals surface area contributed by atoms with Crippen molar-refractivity contribution in [3.8, 4) is 11.4 Å². The predicted molar refractivity (Wildman–Crippen MR) is 152 cm³/mol. The van der Waals surface area contributed by atoms with E-state index in [4.69, 9.17) is 15.6 Å². The molecule has 0 spiro atoms. The van der Waals surface area contributed by atoms with Crippen molar-refractivity contribution in [3.63, 3.8) is 0 Å². The normalized spacial score (nSPS) is 12.3. The van der Waals surface area contributed by atoms with Gasteiger partial charge in [0.2, 0.25) is 10.0 Å². The van der Waals surface area contributed by atoms with Crippen molar-refractivity contribution in [2.24, 2.45) is 0 Å². The van der Waals surface area contributed by atoms with Crippen LogP contribution in [0.15, 0.2) is 82.9 Å². The number of para-hydroxylation sites is 1. The van der Waals surface area contributed by atoms with Crippen LogP contribution in [0, 0.1) is 6.92 Å². The second-order valence-corrected chi connectivity index (χ2v) is 10.9. The number of hydrogen-bond acceptors (Lipinski definition) is 10. The zero-order chi connectivity index (χ0) is 29.3. The summed E-state index contributed by atoms with van der Waals surface area (Å²) in [6, 6.07) is 15.5. The molecule has 0 amide bonds. The first-order valence-corrected chi connectivity index (χ1v) is 13.9. The molecule has 4 N–H and O–H groups in total. The predicted octanol–water partition coefficient (Wildman–Crippen LogP) is 2.47. The first-order valence-electron chi connectivity index (χ1n) is 12.4. The third-order valence-corrected chi connectivity index (χ3v) is 7.79. The van der Waals surface area contributed by atoms with E-state index in [0.29, 0.717) is 17.0 Å². The minimum absolute atomic E-state index is 0.00496. The summed E-state index contributed by atoms with van der Waals surface area (Å²) >= 11 is 0. The maximum Gasteiger partial charge on any atom is 0.351 e. The number of carbonyl (C=O) groups excluding carboxylic acids is 1. The summed E-state index contributed by atoms with van der Waals surface area (Å²) in [5.74, 6) is -0.518. The van der Waals surface area contributed by atoms with Gasteiger partial charge in [-0.25, -0.2) is 32.4 Å². The van der Waals surface area contributed by atoms with E-state index in [1.165, 1.54) is 46.7 Å². The molecule has 0 unspecified atom stereocenters. The molecule has 2 aromatic carbocycles. The third-order valence-electron chi connectivity index (χ3n) is 6.36. The average molecular weight is 575 g/mol. The van der Waals surface area contributed by atoms with Gasteiger partial charge in [0.25, 0.3) is 5.56 Å². The van der Waals surface area contributed by atoms with Crippen molar-refractivity contribution in [1.82, 2.24) is 28.9 Å². The van der Waals surface area contributed by atoms with Gasteiger partial charge in [-0.05, 0) is 68.9 Å². The van der Waals surface area contributed by atoms with Gasteiger partial charge in [0, 0.05) is 6.20 Å². The standard InChI is InChI=1S/C27H26N8O5S/c1-16-13-14-34-22(16)26(36)35(18-7-5-4-6-8-18)25(33-34)17(2)32-24-21(23(28)30-15-31-24)27(37)40-19-9-11-20(12-10-19)41(38,39)29-3/h4-15,17,29H,1-3H3,(H3,28,30,31,32)/t17-/m0/s1. The van der Waals surface area contributed by atoms with Crippen LogP contribution in [-0.4, -0.2) is 45.6 Å². The maximum absolute atomic E-state index is 13.6. The number of rotatable bonds is 8. The van der Waals surface area contributed by atoms with Crippen LogP contribution in [-0.2, 0) is 10.0 Å². The number of anilines is 2. The average Bonchev–Trinajstić information content (AvgIpc) is 3.34. The Kier molecular flexibility index (Phi) is 7.26. The number of aromatic nitrogens is 5. The first kappa shape index (κ1) is 27.5. The van der Waals surface area contributed by atoms with Gasteiger partial charge in [0.15, 0.2) is 5.82 Å². The van der Waals surface area contributed by atoms with Crippen LogP contribution >= 0.6 is 0 Å². The van der Waals surface area contributed by atoms with Crippen molar-refractivity contribution in [3.05, 3.63) is 100 Å². The SMILES string of the molecule is CNS(=O)(=O)c1ccc(OC(=O)c2c(N)ncnc2N[C@@H](C)c2nn3ccc(C)c3c(=O)n2-c2ccccc2)cc1. The quantitative estimate of drug-likeness (QED) is 0.184. The summed E-state index contributed by atoms with van der Waals surface area (Å²) in [5, 5.41) is 7.83. The van der Waals surface area contributed by atoms with E-state index < -0.39 is 22.0 Å². The highest BCUT2D eigenvalue weighted by molar-refractivity contribution is 7.89. The van der Waals surface area contributed by atoms with Crippen molar-refractivity contribution in [2.45, 2.75) is 24.8 Å². The molecule has 14 heteroatoms. The number of nitrogens with zero attached hydrogens (tertiary/aromatic N) is 5. The van der Waals surface area contributed by atoms with E-state index in [-0.39, 0.29) is 33.4 Å². The zero-order valence-electron chi connectivity index (χ0n) is 22.3. The molecule has 0 aliphatic heterocycles.